The van der Waals surface area contributed by atoms with Gasteiger partial charge in [0.05, 0.1) is 5.69 Å². The Balaban J connectivity index is 1.85. The van der Waals surface area contributed by atoms with Gasteiger partial charge < -0.3 is 5.11 Å². The van der Waals surface area contributed by atoms with Gasteiger partial charge in [0.15, 0.2) is 0 Å². The van der Waals surface area contributed by atoms with E-state index in [1.165, 1.54) is 28.4 Å². The van der Waals surface area contributed by atoms with E-state index in [2.05, 4.69) is 55.0 Å². The van der Waals surface area contributed by atoms with Crippen LogP contribution in [0, 0.1) is 0 Å². The second-order valence-corrected chi connectivity index (χ2v) is 7.62. The maximum Gasteiger partial charge on any atom is 0.122 e. The van der Waals surface area contributed by atoms with Crippen LogP contribution in [0.15, 0.2) is 33.3 Å². The number of hydrogen-bond donors (Lipinski definition) is 1. The van der Waals surface area contributed by atoms with E-state index in [4.69, 9.17) is 0 Å². The van der Waals surface area contributed by atoms with Gasteiger partial charge in [0, 0.05) is 15.1 Å². The molecule has 2 aliphatic rings. The first kappa shape index (κ1) is 13.9. The number of rotatable bonds is 1. The van der Waals surface area contributed by atoms with Gasteiger partial charge in [0.1, 0.15) is 6.10 Å². The Labute approximate surface area is 140 Å². The zero-order valence-corrected chi connectivity index (χ0v) is 14.6. The first-order valence-corrected chi connectivity index (χ1v) is 8.87. The minimum Gasteiger partial charge on any atom is -0.382 e. The molecular weight excluding hydrogens is 394 g/mol. The molecule has 0 amide bonds. The summed E-state index contributed by atoms with van der Waals surface area (Å²) in [6.07, 6.45) is 5.57. The van der Waals surface area contributed by atoms with E-state index in [0.717, 1.165) is 34.1 Å². The van der Waals surface area contributed by atoms with Crippen LogP contribution in [0.25, 0.3) is 0 Å². The molecule has 2 aliphatic carbocycles. The van der Waals surface area contributed by atoms with Crippen LogP contribution in [-0.2, 0) is 12.8 Å². The lowest BCUT2D eigenvalue weighted by Gasteiger charge is -2.16. The molecule has 1 heterocycles. The first-order chi connectivity index (χ1) is 10.1. The maximum atomic E-state index is 10.8. The smallest absolute Gasteiger partial charge is 0.122 e. The molecule has 1 atom stereocenters. The van der Waals surface area contributed by atoms with Crippen LogP contribution in [0.1, 0.15) is 52.8 Å². The number of hydrogen-bond acceptors (Lipinski definition) is 2. The highest BCUT2D eigenvalue weighted by atomic mass is 79.9. The van der Waals surface area contributed by atoms with Crippen molar-refractivity contribution in [3.05, 3.63) is 61.3 Å². The van der Waals surface area contributed by atoms with Gasteiger partial charge in [0.25, 0.3) is 0 Å². The summed E-state index contributed by atoms with van der Waals surface area (Å²) in [6, 6.07) is 6.35. The normalized spacial score (nSPS) is 20.6. The van der Waals surface area contributed by atoms with Gasteiger partial charge in [-0.3, -0.25) is 4.98 Å². The Bertz CT molecular complexity index is 725. The third kappa shape index (κ3) is 2.37. The maximum absolute atomic E-state index is 10.8. The van der Waals surface area contributed by atoms with Crippen molar-refractivity contribution >= 4 is 31.9 Å². The molecule has 0 bridgehead atoms. The lowest BCUT2D eigenvalue weighted by Crippen LogP contribution is -2.06. The van der Waals surface area contributed by atoms with Gasteiger partial charge >= 0.3 is 0 Å². The average Bonchev–Trinajstić information content (AvgIpc) is 3.29. The Morgan fingerprint density at radius 2 is 1.86 bits per heavy atom. The number of aromatic nitrogens is 1. The molecule has 1 fully saturated rings. The fourth-order valence-electron chi connectivity index (χ4n) is 3.22. The predicted molar refractivity (Wildman–Crippen MR) is 89.5 cm³/mol. The molecule has 4 rings (SSSR count). The van der Waals surface area contributed by atoms with Crippen LogP contribution >= 0.6 is 31.9 Å². The largest absolute Gasteiger partial charge is 0.382 e. The molecule has 108 valence electrons. The van der Waals surface area contributed by atoms with Crippen LogP contribution in [0.2, 0.25) is 0 Å². The van der Waals surface area contributed by atoms with E-state index in [-0.39, 0.29) is 0 Å². The van der Waals surface area contributed by atoms with Crippen molar-refractivity contribution < 1.29 is 5.11 Å². The molecule has 1 unspecified atom stereocenters. The van der Waals surface area contributed by atoms with Crippen LogP contribution < -0.4 is 0 Å². The number of nitrogens with zero attached hydrogens (tertiary/aromatic N) is 1. The average molecular weight is 409 g/mol. The molecule has 0 saturated heterocycles. The van der Waals surface area contributed by atoms with Crippen LogP contribution in [0.3, 0.4) is 0 Å². The molecule has 2 nitrogen and oxygen atoms in total. The van der Waals surface area contributed by atoms with Crippen LogP contribution in [0.4, 0.5) is 0 Å². The predicted octanol–water partition coefficient (Wildman–Crippen LogP) is 4.66. The van der Waals surface area contributed by atoms with E-state index in [1.54, 1.807) is 6.20 Å². The van der Waals surface area contributed by atoms with Gasteiger partial charge in [-0.25, -0.2) is 0 Å². The zero-order valence-electron chi connectivity index (χ0n) is 11.4. The Kier molecular flexibility index (Phi) is 3.43. The minimum atomic E-state index is -0.629. The summed E-state index contributed by atoms with van der Waals surface area (Å²) in [4.78, 5) is 4.45. The highest BCUT2D eigenvalue weighted by Crippen LogP contribution is 2.46. The highest BCUT2D eigenvalue weighted by Gasteiger charge is 2.30. The van der Waals surface area contributed by atoms with Crippen molar-refractivity contribution in [2.45, 2.75) is 37.7 Å². The molecule has 21 heavy (non-hydrogen) atoms. The molecule has 1 aromatic carbocycles. The summed E-state index contributed by atoms with van der Waals surface area (Å²) < 4.78 is 2.17. The van der Waals surface area contributed by atoms with Crippen LogP contribution in [-0.4, -0.2) is 10.1 Å². The second-order valence-electron chi connectivity index (χ2n) is 5.91. The Morgan fingerprint density at radius 1 is 1.10 bits per heavy atom. The molecule has 1 N–H and O–H groups in total. The van der Waals surface area contributed by atoms with Gasteiger partial charge in [-0.15, -0.1) is 0 Å². The van der Waals surface area contributed by atoms with Crippen molar-refractivity contribution in [1.82, 2.24) is 4.98 Å². The Morgan fingerprint density at radius 3 is 2.62 bits per heavy atom. The molecule has 1 aromatic heterocycles. The van der Waals surface area contributed by atoms with Crippen molar-refractivity contribution in [1.29, 1.82) is 0 Å². The minimum absolute atomic E-state index is 0.629. The number of aliphatic hydroxyl groups excluding tert-OH is 1. The fraction of sp³-hybridized carbons (Fsp3) is 0.353. The molecular formula is C17H15Br2NO. The van der Waals surface area contributed by atoms with Gasteiger partial charge in [-0.1, -0.05) is 28.1 Å². The lowest BCUT2D eigenvalue weighted by molar-refractivity contribution is 0.214. The molecule has 4 heteroatoms. The summed E-state index contributed by atoms with van der Waals surface area (Å²) >= 11 is 7.26. The molecule has 2 aromatic rings. The summed E-state index contributed by atoms with van der Waals surface area (Å²) in [5, 5.41) is 10.8. The van der Waals surface area contributed by atoms with Crippen molar-refractivity contribution in [3.8, 4) is 0 Å². The lowest BCUT2D eigenvalue weighted by atomic mass is 9.96. The van der Waals surface area contributed by atoms with Crippen molar-refractivity contribution in [2.75, 3.05) is 0 Å². The van der Waals surface area contributed by atoms with Gasteiger partial charge in [0.2, 0.25) is 0 Å². The monoisotopic (exact) mass is 407 g/mol. The number of pyridine rings is 1. The van der Waals surface area contributed by atoms with E-state index >= 15 is 0 Å². The van der Waals surface area contributed by atoms with Crippen LogP contribution in [0.5, 0.6) is 0 Å². The number of halogens is 2. The standard InChI is InChI=1S/C17H15Br2NO/c18-11-7-10-3-4-13-14(17(21)16(10)20-8-11)6-5-12(15(13)19)9-1-2-9/h5-9,17,21H,1-4H2. The SMILES string of the molecule is OC1c2ccc(C3CC3)c(Br)c2CCc2cc(Br)cnc21. The first-order valence-electron chi connectivity index (χ1n) is 7.28. The zero-order chi connectivity index (χ0) is 14.6. The fourth-order valence-corrected chi connectivity index (χ4v) is 4.48. The van der Waals surface area contributed by atoms with Gasteiger partial charge in [-0.2, -0.15) is 0 Å². The number of aliphatic hydroxyl groups is 1. The van der Waals surface area contributed by atoms with E-state index in [9.17, 15) is 5.11 Å². The molecule has 1 saturated carbocycles. The van der Waals surface area contributed by atoms with Gasteiger partial charge in [-0.05, 0) is 75.9 Å². The molecule has 0 aliphatic heterocycles. The number of fused-ring (bicyclic) bond motifs is 2. The quantitative estimate of drug-likeness (QED) is 0.743. The summed E-state index contributed by atoms with van der Waals surface area (Å²) in [5.74, 6) is 0.708. The van der Waals surface area contributed by atoms with Crippen molar-refractivity contribution in [2.24, 2.45) is 0 Å². The molecule has 0 radical (unpaired) electrons. The third-order valence-electron chi connectivity index (χ3n) is 4.49. The third-order valence-corrected chi connectivity index (χ3v) is 5.86. The van der Waals surface area contributed by atoms with E-state index in [1.807, 2.05) is 0 Å². The highest BCUT2D eigenvalue weighted by molar-refractivity contribution is 9.10. The topological polar surface area (TPSA) is 33.1 Å². The van der Waals surface area contributed by atoms with Crippen molar-refractivity contribution in [3.63, 3.8) is 0 Å². The Hall–Kier alpha value is -0.710. The second kappa shape index (κ2) is 5.18. The molecule has 0 spiro atoms. The number of benzene rings is 1. The summed E-state index contributed by atoms with van der Waals surface area (Å²) in [5.41, 5.74) is 5.58. The summed E-state index contributed by atoms with van der Waals surface area (Å²) in [7, 11) is 0. The number of aryl methyl sites for hydroxylation is 1. The van der Waals surface area contributed by atoms with E-state index in [0.29, 0.717) is 5.92 Å². The summed E-state index contributed by atoms with van der Waals surface area (Å²) in [6.45, 7) is 0. The van der Waals surface area contributed by atoms with E-state index < -0.39 is 6.10 Å².